The molecule has 0 amide bonds. The number of para-hydroxylation sites is 1. The van der Waals surface area contributed by atoms with Crippen LogP contribution in [0.3, 0.4) is 0 Å². The number of nitrogens with two attached hydrogens (primary N) is 1. The van der Waals surface area contributed by atoms with Gasteiger partial charge in [0.15, 0.2) is 5.96 Å². The lowest BCUT2D eigenvalue weighted by Gasteiger charge is -2.36. The van der Waals surface area contributed by atoms with Crippen LogP contribution in [0.15, 0.2) is 29.3 Å². The summed E-state index contributed by atoms with van der Waals surface area (Å²) < 4.78 is 4.95. The molecule has 0 bridgehead atoms. The Hall–Kier alpha value is -1.50. The average Bonchev–Trinajstić information content (AvgIpc) is 2.60. The molecule has 3 N–H and O–H groups in total. The van der Waals surface area contributed by atoms with Crippen molar-refractivity contribution in [3.63, 3.8) is 0 Å². The average molecular weight is 354 g/mol. The number of nitrogens with zero attached hydrogens (tertiary/aromatic N) is 3. The zero-order valence-corrected chi connectivity index (χ0v) is 15.1. The van der Waals surface area contributed by atoms with E-state index in [0.717, 1.165) is 56.4 Å². The molecule has 1 aliphatic heterocycles. The summed E-state index contributed by atoms with van der Waals surface area (Å²) in [7, 11) is 1.67. The predicted octanol–water partition coefficient (Wildman–Crippen LogP) is 1.40. The molecule has 0 spiro atoms. The van der Waals surface area contributed by atoms with Crippen LogP contribution in [0.4, 0.5) is 5.69 Å². The van der Waals surface area contributed by atoms with E-state index in [2.05, 4.69) is 26.2 Å². The van der Waals surface area contributed by atoms with Crippen molar-refractivity contribution in [2.24, 2.45) is 10.7 Å². The summed E-state index contributed by atoms with van der Waals surface area (Å²) in [6, 6.07) is 8.05. The predicted molar refractivity (Wildman–Crippen MR) is 101 cm³/mol. The zero-order chi connectivity index (χ0) is 17.2. The number of hydrogen-bond acceptors (Lipinski definition) is 4. The molecule has 1 fully saturated rings. The number of piperazine rings is 1. The minimum absolute atomic E-state index is 0.496. The first-order valence-electron chi connectivity index (χ1n) is 8.45. The molecule has 0 radical (unpaired) electrons. The Morgan fingerprint density at radius 1 is 1.29 bits per heavy atom. The number of aliphatic imine (C=N–C) groups is 1. The van der Waals surface area contributed by atoms with Gasteiger partial charge in [0, 0.05) is 52.9 Å². The standard InChI is InChI=1S/C17H28ClN5O/c1-24-14-8-21-17(19)20-7-4-9-22-10-12-23(13-11-22)16-6-3-2-5-15(16)18/h2-3,5-6H,4,7-14H2,1H3,(H3,19,20,21). The third-order valence-electron chi connectivity index (χ3n) is 4.09. The quantitative estimate of drug-likeness (QED) is 0.420. The van der Waals surface area contributed by atoms with Gasteiger partial charge < -0.3 is 20.7 Å². The van der Waals surface area contributed by atoms with Crippen molar-refractivity contribution in [3.8, 4) is 0 Å². The van der Waals surface area contributed by atoms with E-state index < -0.39 is 0 Å². The van der Waals surface area contributed by atoms with E-state index in [4.69, 9.17) is 22.1 Å². The van der Waals surface area contributed by atoms with Gasteiger partial charge in [0.25, 0.3) is 0 Å². The largest absolute Gasteiger partial charge is 0.383 e. The lowest BCUT2D eigenvalue weighted by molar-refractivity contribution is 0.204. The van der Waals surface area contributed by atoms with Gasteiger partial charge in [-0.15, -0.1) is 0 Å². The highest BCUT2D eigenvalue weighted by molar-refractivity contribution is 6.33. The Morgan fingerprint density at radius 3 is 2.75 bits per heavy atom. The van der Waals surface area contributed by atoms with Crippen molar-refractivity contribution in [2.45, 2.75) is 6.42 Å². The molecule has 24 heavy (non-hydrogen) atoms. The van der Waals surface area contributed by atoms with Gasteiger partial charge in [-0.3, -0.25) is 9.89 Å². The second-order valence-electron chi connectivity index (χ2n) is 5.82. The van der Waals surface area contributed by atoms with Gasteiger partial charge in [-0.2, -0.15) is 0 Å². The van der Waals surface area contributed by atoms with E-state index >= 15 is 0 Å². The third kappa shape index (κ3) is 6.19. The van der Waals surface area contributed by atoms with E-state index in [1.807, 2.05) is 18.2 Å². The van der Waals surface area contributed by atoms with Crippen molar-refractivity contribution < 1.29 is 4.74 Å². The highest BCUT2D eigenvalue weighted by Crippen LogP contribution is 2.25. The summed E-state index contributed by atoms with van der Waals surface area (Å²) in [5.74, 6) is 0.496. The van der Waals surface area contributed by atoms with E-state index in [1.165, 1.54) is 0 Å². The zero-order valence-electron chi connectivity index (χ0n) is 14.4. The fraction of sp³-hybridized carbons (Fsp3) is 0.588. The molecule has 1 saturated heterocycles. The molecule has 7 heteroatoms. The number of ether oxygens (including phenoxy) is 1. The van der Waals surface area contributed by atoms with Gasteiger partial charge >= 0.3 is 0 Å². The number of rotatable bonds is 8. The van der Waals surface area contributed by atoms with Crippen LogP contribution >= 0.6 is 11.6 Å². The third-order valence-corrected chi connectivity index (χ3v) is 4.41. The van der Waals surface area contributed by atoms with E-state index in [-0.39, 0.29) is 0 Å². The number of hydrogen-bond donors (Lipinski definition) is 2. The number of guanidine groups is 1. The molecule has 6 nitrogen and oxygen atoms in total. The van der Waals surface area contributed by atoms with Gasteiger partial charge in [0.1, 0.15) is 0 Å². The minimum Gasteiger partial charge on any atom is -0.383 e. The summed E-state index contributed by atoms with van der Waals surface area (Å²) >= 11 is 6.28. The Bertz CT molecular complexity index is 517. The van der Waals surface area contributed by atoms with Crippen LogP contribution in [0.2, 0.25) is 5.02 Å². The molecule has 134 valence electrons. The van der Waals surface area contributed by atoms with Crippen molar-refractivity contribution in [2.75, 3.05) is 64.4 Å². The molecular weight excluding hydrogens is 326 g/mol. The molecule has 2 rings (SSSR count). The number of methoxy groups -OCH3 is 1. The van der Waals surface area contributed by atoms with Crippen molar-refractivity contribution in [1.82, 2.24) is 10.2 Å². The molecule has 0 unspecified atom stereocenters. The number of benzene rings is 1. The highest BCUT2D eigenvalue weighted by Gasteiger charge is 2.18. The second-order valence-corrected chi connectivity index (χ2v) is 6.23. The molecular formula is C17H28ClN5O. The van der Waals surface area contributed by atoms with Crippen LogP contribution < -0.4 is 16.0 Å². The number of anilines is 1. The fourth-order valence-corrected chi connectivity index (χ4v) is 3.01. The molecule has 0 saturated carbocycles. The summed E-state index contributed by atoms with van der Waals surface area (Å²) in [5, 5.41) is 3.85. The molecule has 1 aliphatic rings. The first-order chi connectivity index (χ1) is 11.7. The maximum Gasteiger partial charge on any atom is 0.188 e. The summed E-state index contributed by atoms with van der Waals surface area (Å²) in [6.07, 6.45) is 1.01. The van der Waals surface area contributed by atoms with Gasteiger partial charge in [-0.05, 0) is 18.6 Å². The lowest BCUT2D eigenvalue weighted by Crippen LogP contribution is -2.46. The molecule has 0 atom stereocenters. The Balaban J connectivity index is 1.63. The number of nitrogens with one attached hydrogen (secondary N) is 1. The smallest absolute Gasteiger partial charge is 0.188 e. The Labute approximate surface area is 149 Å². The van der Waals surface area contributed by atoms with E-state index in [9.17, 15) is 0 Å². The fourth-order valence-electron chi connectivity index (χ4n) is 2.75. The summed E-state index contributed by atoms with van der Waals surface area (Å²) in [4.78, 5) is 9.15. The topological polar surface area (TPSA) is 66.1 Å². The summed E-state index contributed by atoms with van der Waals surface area (Å²) in [5.41, 5.74) is 6.92. The van der Waals surface area contributed by atoms with Crippen LogP contribution in [0, 0.1) is 0 Å². The SMILES string of the molecule is COCCNC(N)=NCCCN1CCN(c2ccccc2Cl)CC1. The van der Waals surface area contributed by atoms with E-state index in [0.29, 0.717) is 19.1 Å². The molecule has 0 aliphatic carbocycles. The van der Waals surface area contributed by atoms with Crippen molar-refractivity contribution in [3.05, 3.63) is 29.3 Å². The highest BCUT2D eigenvalue weighted by atomic mass is 35.5. The van der Waals surface area contributed by atoms with Crippen LogP contribution in [0.1, 0.15) is 6.42 Å². The van der Waals surface area contributed by atoms with Crippen LogP contribution in [-0.4, -0.2) is 70.4 Å². The normalized spacial score (nSPS) is 16.4. The molecule has 1 heterocycles. The van der Waals surface area contributed by atoms with Crippen LogP contribution in [-0.2, 0) is 4.74 Å². The maximum atomic E-state index is 6.28. The van der Waals surface area contributed by atoms with Gasteiger partial charge in [0.2, 0.25) is 0 Å². The lowest BCUT2D eigenvalue weighted by atomic mass is 10.2. The van der Waals surface area contributed by atoms with E-state index in [1.54, 1.807) is 7.11 Å². The number of halogens is 1. The first-order valence-corrected chi connectivity index (χ1v) is 8.83. The van der Waals surface area contributed by atoms with Crippen molar-refractivity contribution in [1.29, 1.82) is 0 Å². The second kappa shape index (κ2) is 10.4. The van der Waals surface area contributed by atoms with Gasteiger partial charge in [0.05, 0.1) is 17.3 Å². The van der Waals surface area contributed by atoms with Crippen LogP contribution in [0.5, 0.6) is 0 Å². The maximum absolute atomic E-state index is 6.28. The molecule has 1 aromatic rings. The summed E-state index contributed by atoms with van der Waals surface area (Å²) in [6.45, 7) is 7.23. The monoisotopic (exact) mass is 353 g/mol. The van der Waals surface area contributed by atoms with Gasteiger partial charge in [-0.1, -0.05) is 23.7 Å². The minimum atomic E-state index is 0.496. The van der Waals surface area contributed by atoms with Gasteiger partial charge in [-0.25, -0.2) is 0 Å². The van der Waals surface area contributed by atoms with Crippen LogP contribution in [0.25, 0.3) is 0 Å². The Morgan fingerprint density at radius 2 is 2.04 bits per heavy atom. The molecule has 0 aromatic heterocycles. The molecule has 1 aromatic carbocycles. The Kier molecular flexibility index (Phi) is 8.15. The first kappa shape index (κ1) is 18.8. The van der Waals surface area contributed by atoms with Crippen molar-refractivity contribution >= 4 is 23.2 Å².